The van der Waals surface area contributed by atoms with Crippen LogP contribution >= 0.6 is 7.82 Å². The highest BCUT2D eigenvalue weighted by Gasteiger charge is 2.23. The number of rotatable bonds is 46. The Kier molecular flexibility index (Phi) is 46.3. The van der Waals surface area contributed by atoms with Crippen LogP contribution in [0.1, 0.15) is 181 Å². The van der Waals surface area contributed by atoms with Crippen LogP contribution in [0.15, 0.2) is 134 Å². The van der Waals surface area contributed by atoms with Crippen LogP contribution in [0, 0.1) is 0 Å². The molecule has 0 aromatic carbocycles. The molecule has 0 aliphatic rings. The van der Waals surface area contributed by atoms with Gasteiger partial charge in [-0.2, -0.15) is 0 Å². The summed E-state index contributed by atoms with van der Waals surface area (Å²) in [6.07, 6.45) is 73.8. The number of hydrogen-bond donors (Lipinski definition) is 2. The van der Waals surface area contributed by atoms with E-state index in [0.29, 0.717) is 17.4 Å². The number of unbranched alkanes of at least 4 members (excludes halogenated alkanes) is 13. The molecule has 1 amide bonds. The van der Waals surface area contributed by atoms with Gasteiger partial charge >= 0.3 is 0 Å². The zero-order valence-electron chi connectivity index (χ0n) is 43.7. The molecule has 0 rings (SSSR count). The molecule has 68 heavy (non-hydrogen) atoms. The van der Waals surface area contributed by atoms with Crippen LogP contribution in [0.2, 0.25) is 0 Å². The predicted octanol–water partition coefficient (Wildman–Crippen LogP) is 15.3. The minimum Gasteiger partial charge on any atom is -0.756 e. The van der Waals surface area contributed by atoms with Crippen molar-refractivity contribution in [1.29, 1.82) is 0 Å². The van der Waals surface area contributed by atoms with E-state index < -0.39 is 26.6 Å². The Morgan fingerprint density at radius 1 is 0.529 bits per heavy atom. The van der Waals surface area contributed by atoms with Crippen molar-refractivity contribution in [3.8, 4) is 0 Å². The van der Waals surface area contributed by atoms with Gasteiger partial charge in [0, 0.05) is 6.42 Å². The lowest BCUT2D eigenvalue weighted by Gasteiger charge is -2.29. The second-order valence-electron chi connectivity index (χ2n) is 18.5. The largest absolute Gasteiger partial charge is 0.756 e. The number of carbonyl (C=O) groups is 1. The third-order valence-electron chi connectivity index (χ3n) is 10.8. The molecule has 0 aliphatic heterocycles. The number of phosphoric acid groups is 1. The third-order valence-corrected chi connectivity index (χ3v) is 11.8. The van der Waals surface area contributed by atoms with Crippen molar-refractivity contribution in [3.63, 3.8) is 0 Å². The van der Waals surface area contributed by atoms with Crippen LogP contribution in [-0.2, 0) is 18.4 Å². The van der Waals surface area contributed by atoms with Gasteiger partial charge in [0.1, 0.15) is 13.2 Å². The van der Waals surface area contributed by atoms with E-state index in [9.17, 15) is 19.4 Å². The SMILES string of the molecule is CC/C=C\C/C=C\C/C=C\C/C=C\C/C=C\C/C=C\C/C=C\C/C=C\C/C=C\CCCCCCCC(=O)NC(COP(=O)([O-])OCC[N+](C)(C)C)C(O)/C=C/CC/C=C/CCCCCCCCC. The standard InChI is InChI=1S/C59H99N2O6P/c1-6-8-10-12-14-16-18-20-21-22-23-24-25-26-27-28-29-30-31-32-33-34-35-36-37-38-39-41-43-45-47-49-51-53-59(63)60-57(56-67-68(64,65)66-55-54-61(3,4)5)58(62)52-50-48-46-44-42-40-19-17-15-13-11-9-7-2/h8,10,14,16,20-21,23-24,26-27,29-30,32-33,35-36,38-39,42,44,50,52,57-58,62H,6-7,9,11-13,15,17-19,22,25,28,31,34,37,40-41,43,45-49,51,53-56H2,1-5H3,(H-,60,63,64,65)/b10-8-,16-14-,21-20-,24-23-,27-26-,30-29-,33-32-,36-35-,39-38-,44-42+,52-50+. The Hall–Kier alpha value is -3.36. The fourth-order valence-electron chi connectivity index (χ4n) is 6.69. The summed E-state index contributed by atoms with van der Waals surface area (Å²) in [5.41, 5.74) is 0. The van der Waals surface area contributed by atoms with Crippen molar-refractivity contribution in [2.75, 3.05) is 40.9 Å². The van der Waals surface area contributed by atoms with Gasteiger partial charge < -0.3 is 28.8 Å². The number of phosphoric ester groups is 1. The molecule has 0 saturated carbocycles. The predicted molar refractivity (Wildman–Crippen MR) is 292 cm³/mol. The summed E-state index contributed by atoms with van der Waals surface area (Å²) in [5, 5.41) is 13.8. The number of quaternary nitrogens is 1. The fraction of sp³-hybridized carbons (Fsp3) is 0.610. The Balaban J connectivity index is 4.30. The molecule has 8 nitrogen and oxygen atoms in total. The van der Waals surface area contributed by atoms with Crippen LogP contribution < -0.4 is 10.2 Å². The lowest BCUT2D eigenvalue weighted by Crippen LogP contribution is -2.45. The molecule has 3 atom stereocenters. The molecule has 0 radical (unpaired) electrons. The van der Waals surface area contributed by atoms with E-state index in [1.807, 2.05) is 27.2 Å². The average molecular weight is 963 g/mol. The molecular weight excluding hydrogens is 864 g/mol. The van der Waals surface area contributed by atoms with Crippen LogP contribution in [-0.4, -0.2) is 68.5 Å². The fourth-order valence-corrected chi connectivity index (χ4v) is 7.41. The van der Waals surface area contributed by atoms with Crippen LogP contribution in [0.3, 0.4) is 0 Å². The highest BCUT2D eigenvalue weighted by atomic mass is 31.2. The lowest BCUT2D eigenvalue weighted by atomic mass is 10.1. The van der Waals surface area contributed by atoms with Gasteiger partial charge in [0.2, 0.25) is 5.91 Å². The number of aliphatic hydroxyl groups is 1. The molecule has 0 aromatic rings. The van der Waals surface area contributed by atoms with E-state index in [4.69, 9.17) is 9.05 Å². The molecule has 0 spiro atoms. The average Bonchev–Trinajstić information content (AvgIpc) is 3.30. The summed E-state index contributed by atoms with van der Waals surface area (Å²) >= 11 is 0. The number of allylic oxidation sites excluding steroid dienone is 21. The Bertz CT molecular complexity index is 1560. The third kappa shape index (κ3) is 50.5. The first-order valence-corrected chi connectivity index (χ1v) is 28.0. The summed E-state index contributed by atoms with van der Waals surface area (Å²) in [6, 6.07) is -0.923. The summed E-state index contributed by atoms with van der Waals surface area (Å²) in [5.74, 6) is -0.234. The van der Waals surface area contributed by atoms with Crippen molar-refractivity contribution in [2.24, 2.45) is 0 Å². The van der Waals surface area contributed by atoms with E-state index in [-0.39, 0.29) is 12.5 Å². The second-order valence-corrected chi connectivity index (χ2v) is 19.9. The highest BCUT2D eigenvalue weighted by molar-refractivity contribution is 7.45. The van der Waals surface area contributed by atoms with Crippen molar-refractivity contribution in [3.05, 3.63) is 134 Å². The Morgan fingerprint density at radius 2 is 0.912 bits per heavy atom. The first kappa shape index (κ1) is 64.6. The van der Waals surface area contributed by atoms with Crippen LogP contribution in [0.5, 0.6) is 0 Å². The first-order valence-electron chi connectivity index (χ1n) is 26.5. The summed E-state index contributed by atoms with van der Waals surface area (Å²) in [4.78, 5) is 25.4. The zero-order valence-corrected chi connectivity index (χ0v) is 44.6. The number of aliphatic hydroxyl groups excluding tert-OH is 1. The topological polar surface area (TPSA) is 108 Å². The number of carbonyl (C=O) groups excluding carboxylic acids is 1. The molecule has 0 bridgehead atoms. The number of nitrogens with zero attached hydrogens (tertiary/aromatic N) is 1. The molecule has 386 valence electrons. The molecule has 0 heterocycles. The van der Waals surface area contributed by atoms with E-state index in [1.54, 1.807) is 6.08 Å². The molecule has 0 fully saturated rings. The van der Waals surface area contributed by atoms with Gasteiger partial charge in [-0.15, -0.1) is 0 Å². The monoisotopic (exact) mass is 963 g/mol. The van der Waals surface area contributed by atoms with Crippen LogP contribution in [0.4, 0.5) is 0 Å². The smallest absolute Gasteiger partial charge is 0.268 e. The van der Waals surface area contributed by atoms with E-state index in [1.165, 1.54) is 44.9 Å². The Morgan fingerprint density at radius 3 is 1.37 bits per heavy atom. The van der Waals surface area contributed by atoms with Gasteiger partial charge in [-0.1, -0.05) is 205 Å². The van der Waals surface area contributed by atoms with Gasteiger partial charge in [0.25, 0.3) is 7.82 Å². The van der Waals surface area contributed by atoms with Gasteiger partial charge in [-0.25, -0.2) is 0 Å². The van der Waals surface area contributed by atoms with Crippen molar-refractivity contribution >= 4 is 13.7 Å². The maximum atomic E-state index is 12.9. The van der Waals surface area contributed by atoms with Gasteiger partial charge in [0.15, 0.2) is 0 Å². The number of likely N-dealkylation sites (N-methyl/N-ethyl adjacent to an activating group) is 1. The maximum absolute atomic E-state index is 12.9. The zero-order chi connectivity index (χ0) is 49.9. The summed E-state index contributed by atoms with van der Waals surface area (Å²) in [7, 11) is 1.20. The maximum Gasteiger partial charge on any atom is 0.268 e. The van der Waals surface area contributed by atoms with Crippen molar-refractivity contribution < 1.29 is 32.9 Å². The molecule has 0 aliphatic carbocycles. The molecule has 0 aromatic heterocycles. The van der Waals surface area contributed by atoms with E-state index in [0.717, 1.165) is 116 Å². The van der Waals surface area contributed by atoms with Gasteiger partial charge in [-0.05, 0) is 103 Å². The number of amides is 1. The number of nitrogens with one attached hydrogen (secondary N) is 1. The summed E-state index contributed by atoms with van der Waals surface area (Å²) in [6.45, 7) is 4.45. The van der Waals surface area contributed by atoms with E-state index >= 15 is 0 Å². The highest BCUT2D eigenvalue weighted by Crippen LogP contribution is 2.38. The van der Waals surface area contributed by atoms with Gasteiger partial charge in [0.05, 0.1) is 39.9 Å². The minimum absolute atomic E-state index is 0.0182. The molecule has 2 N–H and O–H groups in total. The summed E-state index contributed by atoms with van der Waals surface area (Å²) < 4.78 is 23.2. The lowest BCUT2D eigenvalue weighted by molar-refractivity contribution is -0.870. The van der Waals surface area contributed by atoms with Crippen LogP contribution in [0.25, 0.3) is 0 Å². The Labute approximate surface area is 417 Å². The molecule has 3 unspecified atom stereocenters. The quantitative estimate of drug-likeness (QED) is 0.0272. The number of hydrogen-bond acceptors (Lipinski definition) is 6. The normalized spacial score (nSPS) is 15.1. The first-order chi connectivity index (χ1) is 33.0. The minimum atomic E-state index is -4.61. The van der Waals surface area contributed by atoms with Crippen molar-refractivity contribution in [1.82, 2.24) is 5.32 Å². The molecule has 9 heteroatoms. The van der Waals surface area contributed by atoms with E-state index in [2.05, 4.69) is 141 Å². The second kappa shape index (κ2) is 48.7. The van der Waals surface area contributed by atoms with Crippen molar-refractivity contribution in [2.45, 2.75) is 193 Å². The molecular formula is C59H99N2O6P. The van der Waals surface area contributed by atoms with Gasteiger partial charge in [-0.3, -0.25) is 9.36 Å². The molecule has 0 saturated heterocycles.